The van der Waals surface area contributed by atoms with Crippen molar-refractivity contribution in [3.63, 3.8) is 0 Å². The Bertz CT molecular complexity index is 223. The Hall–Kier alpha value is -0.780. The molecule has 0 radical (unpaired) electrons. The lowest BCUT2D eigenvalue weighted by Gasteiger charge is -2.02. The van der Waals surface area contributed by atoms with Crippen LogP contribution in [0.5, 0.6) is 0 Å². The first kappa shape index (κ1) is 7.33. The van der Waals surface area contributed by atoms with E-state index in [0.717, 1.165) is 6.42 Å². The van der Waals surface area contributed by atoms with E-state index < -0.39 is 0 Å². The Morgan fingerprint density at radius 1 is 1.20 bits per heavy atom. The molecule has 10 heavy (non-hydrogen) atoms. The van der Waals surface area contributed by atoms with E-state index in [2.05, 4.69) is 39.0 Å². The SMILES string of the molecule is CCc1cc(C)ccc1C. The van der Waals surface area contributed by atoms with Crippen molar-refractivity contribution in [1.29, 1.82) is 0 Å². The number of hydrogen-bond acceptors (Lipinski definition) is 0. The third-order valence-electron chi connectivity index (χ3n) is 1.89. The lowest BCUT2D eigenvalue weighted by Crippen LogP contribution is -1.86. The highest BCUT2D eigenvalue weighted by Crippen LogP contribution is 2.10. The molecule has 0 heteroatoms. The molecule has 54 valence electrons. The predicted molar refractivity (Wildman–Crippen MR) is 45.3 cm³/mol. The topological polar surface area (TPSA) is 0 Å². The molecule has 0 fully saturated rings. The molecular weight excluding hydrogens is 120 g/mol. The fourth-order valence-electron chi connectivity index (χ4n) is 1.18. The van der Waals surface area contributed by atoms with Gasteiger partial charge in [-0.05, 0) is 31.4 Å². The zero-order valence-electron chi connectivity index (χ0n) is 6.94. The molecule has 0 aliphatic rings. The van der Waals surface area contributed by atoms with Gasteiger partial charge in [-0.15, -0.1) is 0 Å². The summed E-state index contributed by atoms with van der Waals surface area (Å²) in [6.07, 6.45) is 1.15. The molecule has 0 aromatic heterocycles. The Kier molecular flexibility index (Phi) is 2.10. The van der Waals surface area contributed by atoms with Crippen LogP contribution in [0.4, 0.5) is 0 Å². The van der Waals surface area contributed by atoms with Crippen molar-refractivity contribution in [3.05, 3.63) is 34.9 Å². The molecule has 0 heterocycles. The van der Waals surface area contributed by atoms with E-state index in [9.17, 15) is 0 Å². The summed E-state index contributed by atoms with van der Waals surface area (Å²) in [5.74, 6) is 0. The largest absolute Gasteiger partial charge is 0.0613 e. The highest BCUT2D eigenvalue weighted by Gasteiger charge is 1.93. The lowest BCUT2D eigenvalue weighted by molar-refractivity contribution is 1.10. The Labute approximate surface area is 62.9 Å². The normalized spacial score (nSPS) is 9.90. The lowest BCUT2D eigenvalue weighted by atomic mass is 10.0. The molecule has 0 nitrogen and oxygen atoms in total. The summed E-state index contributed by atoms with van der Waals surface area (Å²) in [5.41, 5.74) is 4.25. The van der Waals surface area contributed by atoms with E-state index in [1.807, 2.05) is 0 Å². The second-order valence-corrected chi connectivity index (χ2v) is 2.78. The summed E-state index contributed by atoms with van der Waals surface area (Å²) in [4.78, 5) is 0. The summed E-state index contributed by atoms with van der Waals surface area (Å²) >= 11 is 0. The third-order valence-corrected chi connectivity index (χ3v) is 1.89. The molecular formula is C10H14. The number of hydrogen-bond donors (Lipinski definition) is 0. The number of benzene rings is 1. The van der Waals surface area contributed by atoms with E-state index in [1.54, 1.807) is 0 Å². The number of aryl methyl sites for hydroxylation is 3. The molecule has 0 saturated heterocycles. The van der Waals surface area contributed by atoms with Crippen molar-refractivity contribution in [2.75, 3.05) is 0 Å². The quantitative estimate of drug-likeness (QED) is 0.554. The summed E-state index contributed by atoms with van der Waals surface area (Å²) in [7, 11) is 0. The van der Waals surface area contributed by atoms with Gasteiger partial charge in [0.25, 0.3) is 0 Å². The van der Waals surface area contributed by atoms with Crippen LogP contribution in [-0.4, -0.2) is 0 Å². The second kappa shape index (κ2) is 2.87. The summed E-state index contributed by atoms with van der Waals surface area (Å²) in [6, 6.07) is 6.61. The Morgan fingerprint density at radius 3 is 2.40 bits per heavy atom. The van der Waals surface area contributed by atoms with Gasteiger partial charge in [0, 0.05) is 0 Å². The summed E-state index contributed by atoms with van der Waals surface area (Å²) in [6.45, 7) is 6.50. The maximum atomic E-state index is 2.26. The fraction of sp³-hybridized carbons (Fsp3) is 0.400. The van der Waals surface area contributed by atoms with E-state index >= 15 is 0 Å². The van der Waals surface area contributed by atoms with Crippen molar-refractivity contribution in [2.24, 2.45) is 0 Å². The minimum Gasteiger partial charge on any atom is -0.0613 e. The zero-order valence-corrected chi connectivity index (χ0v) is 6.94. The van der Waals surface area contributed by atoms with Crippen LogP contribution >= 0.6 is 0 Å². The van der Waals surface area contributed by atoms with Crippen molar-refractivity contribution < 1.29 is 0 Å². The molecule has 1 aromatic carbocycles. The van der Waals surface area contributed by atoms with Crippen LogP contribution in [0.25, 0.3) is 0 Å². The Balaban J connectivity index is 3.09. The van der Waals surface area contributed by atoms with Crippen LogP contribution in [0.3, 0.4) is 0 Å². The van der Waals surface area contributed by atoms with Crippen molar-refractivity contribution in [3.8, 4) is 0 Å². The fourth-order valence-corrected chi connectivity index (χ4v) is 1.18. The van der Waals surface area contributed by atoms with Gasteiger partial charge in [0.05, 0.1) is 0 Å². The second-order valence-electron chi connectivity index (χ2n) is 2.78. The van der Waals surface area contributed by atoms with Crippen LogP contribution in [-0.2, 0) is 6.42 Å². The van der Waals surface area contributed by atoms with Crippen LogP contribution in [0, 0.1) is 13.8 Å². The molecule has 1 aromatic rings. The maximum Gasteiger partial charge on any atom is -0.0305 e. The molecule has 0 spiro atoms. The van der Waals surface area contributed by atoms with Crippen LogP contribution in [0.2, 0.25) is 0 Å². The Morgan fingerprint density at radius 2 is 1.90 bits per heavy atom. The van der Waals surface area contributed by atoms with Gasteiger partial charge < -0.3 is 0 Å². The molecule has 0 unspecified atom stereocenters. The standard InChI is InChI=1S/C10H14/c1-4-10-7-8(2)5-6-9(10)3/h5-7H,4H2,1-3H3. The van der Waals surface area contributed by atoms with Crippen LogP contribution in [0.15, 0.2) is 18.2 Å². The predicted octanol–water partition coefficient (Wildman–Crippen LogP) is 2.87. The average Bonchev–Trinajstić information content (AvgIpc) is 1.94. The van der Waals surface area contributed by atoms with E-state index in [4.69, 9.17) is 0 Å². The van der Waals surface area contributed by atoms with E-state index in [-0.39, 0.29) is 0 Å². The first-order chi connectivity index (χ1) is 4.74. The minimum absolute atomic E-state index is 1.15. The average molecular weight is 134 g/mol. The molecule has 1 rings (SSSR count). The minimum atomic E-state index is 1.15. The van der Waals surface area contributed by atoms with Gasteiger partial charge in [-0.25, -0.2) is 0 Å². The third kappa shape index (κ3) is 1.38. The summed E-state index contributed by atoms with van der Waals surface area (Å²) < 4.78 is 0. The van der Waals surface area contributed by atoms with Crippen molar-refractivity contribution in [2.45, 2.75) is 27.2 Å². The molecule has 0 amide bonds. The van der Waals surface area contributed by atoms with Gasteiger partial charge in [-0.3, -0.25) is 0 Å². The number of rotatable bonds is 1. The molecule has 0 aliphatic carbocycles. The van der Waals surface area contributed by atoms with Crippen molar-refractivity contribution >= 4 is 0 Å². The molecule has 0 saturated carbocycles. The first-order valence-electron chi connectivity index (χ1n) is 3.80. The van der Waals surface area contributed by atoms with Gasteiger partial charge in [0.15, 0.2) is 0 Å². The molecule has 0 bridgehead atoms. The van der Waals surface area contributed by atoms with E-state index in [0.29, 0.717) is 0 Å². The van der Waals surface area contributed by atoms with E-state index in [1.165, 1.54) is 16.7 Å². The van der Waals surface area contributed by atoms with Crippen LogP contribution in [0.1, 0.15) is 23.6 Å². The smallest absolute Gasteiger partial charge is 0.0305 e. The monoisotopic (exact) mass is 134 g/mol. The first-order valence-corrected chi connectivity index (χ1v) is 3.80. The van der Waals surface area contributed by atoms with Gasteiger partial charge in [0.2, 0.25) is 0 Å². The highest BCUT2D eigenvalue weighted by molar-refractivity contribution is 5.30. The zero-order chi connectivity index (χ0) is 7.56. The molecule has 0 atom stereocenters. The molecule has 0 aliphatic heterocycles. The van der Waals surface area contributed by atoms with Gasteiger partial charge in [0.1, 0.15) is 0 Å². The highest BCUT2D eigenvalue weighted by atomic mass is 14.0. The van der Waals surface area contributed by atoms with Gasteiger partial charge >= 0.3 is 0 Å². The molecule has 0 N–H and O–H groups in total. The summed E-state index contributed by atoms with van der Waals surface area (Å²) in [5, 5.41) is 0. The van der Waals surface area contributed by atoms with Crippen LogP contribution < -0.4 is 0 Å². The van der Waals surface area contributed by atoms with Crippen molar-refractivity contribution in [1.82, 2.24) is 0 Å². The van der Waals surface area contributed by atoms with Gasteiger partial charge in [-0.1, -0.05) is 30.7 Å². The van der Waals surface area contributed by atoms with Gasteiger partial charge in [-0.2, -0.15) is 0 Å². The maximum absolute atomic E-state index is 2.26.